The summed E-state index contributed by atoms with van der Waals surface area (Å²) in [6, 6.07) is 6.10. The maximum absolute atomic E-state index is 11.5. The number of nitrogens with one attached hydrogen (secondary N) is 1. The molecule has 1 saturated heterocycles. The summed E-state index contributed by atoms with van der Waals surface area (Å²) in [5.41, 5.74) is 1.06. The van der Waals surface area contributed by atoms with Gasteiger partial charge in [0.1, 0.15) is 11.5 Å². The summed E-state index contributed by atoms with van der Waals surface area (Å²) in [4.78, 5) is 13.2. The highest BCUT2D eigenvalue weighted by Crippen LogP contribution is 2.24. The molecule has 0 spiro atoms. The molecule has 1 unspecified atom stereocenters. The van der Waals surface area contributed by atoms with Gasteiger partial charge < -0.3 is 19.7 Å². The fourth-order valence-electron chi connectivity index (χ4n) is 2.45. The van der Waals surface area contributed by atoms with E-state index in [1.807, 2.05) is 25.2 Å². The van der Waals surface area contributed by atoms with Crippen molar-refractivity contribution in [2.45, 2.75) is 25.4 Å². The van der Waals surface area contributed by atoms with Gasteiger partial charge in [-0.25, -0.2) is 0 Å². The number of piperidine rings is 1. The van der Waals surface area contributed by atoms with Gasteiger partial charge in [-0.3, -0.25) is 4.79 Å². The summed E-state index contributed by atoms with van der Waals surface area (Å²) >= 11 is 0. The van der Waals surface area contributed by atoms with Gasteiger partial charge in [0.05, 0.1) is 14.2 Å². The maximum Gasteiger partial charge on any atom is 0.222 e. The molecule has 1 aliphatic rings. The summed E-state index contributed by atoms with van der Waals surface area (Å²) in [5, 5.41) is 3.49. The van der Waals surface area contributed by atoms with Crippen molar-refractivity contribution < 1.29 is 14.3 Å². The molecule has 1 N–H and O–H groups in total. The quantitative estimate of drug-likeness (QED) is 0.885. The van der Waals surface area contributed by atoms with E-state index in [0.29, 0.717) is 19.0 Å². The predicted octanol–water partition coefficient (Wildman–Crippen LogP) is 1.41. The van der Waals surface area contributed by atoms with Crippen molar-refractivity contribution in [3.05, 3.63) is 23.8 Å². The van der Waals surface area contributed by atoms with Crippen molar-refractivity contribution in [2.75, 3.05) is 27.8 Å². The fourth-order valence-corrected chi connectivity index (χ4v) is 2.45. The lowest BCUT2D eigenvalue weighted by atomic mass is 10.1. The number of nitrogens with zero attached hydrogens (tertiary/aromatic N) is 1. The molecule has 1 aromatic rings. The van der Waals surface area contributed by atoms with Crippen LogP contribution in [0.5, 0.6) is 11.5 Å². The van der Waals surface area contributed by atoms with E-state index in [1.54, 1.807) is 19.1 Å². The number of rotatable bonds is 5. The average molecular weight is 278 g/mol. The minimum Gasteiger partial charge on any atom is -0.497 e. The van der Waals surface area contributed by atoms with Gasteiger partial charge in [0.15, 0.2) is 0 Å². The molecule has 20 heavy (non-hydrogen) atoms. The van der Waals surface area contributed by atoms with E-state index >= 15 is 0 Å². The summed E-state index contributed by atoms with van der Waals surface area (Å²) in [7, 11) is 5.17. The number of benzene rings is 1. The highest BCUT2D eigenvalue weighted by Gasteiger charge is 2.22. The van der Waals surface area contributed by atoms with Crippen LogP contribution < -0.4 is 14.8 Å². The summed E-state index contributed by atoms with van der Waals surface area (Å²) in [6.45, 7) is 1.46. The number of carbonyl (C=O) groups is 1. The second-order valence-corrected chi connectivity index (χ2v) is 5.07. The monoisotopic (exact) mass is 278 g/mol. The third-order valence-corrected chi connectivity index (χ3v) is 3.70. The zero-order valence-electron chi connectivity index (χ0n) is 12.3. The lowest BCUT2D eigenvalue weighted by molar-refractivity contribution is -0.132. The SMILES string of the molecule is COc1ccc(OC)c(CNC2CCC(=O)N(C)C2)c1. The van der Waals surface area contributed by atoms with Crippen LogP contribution in [0.3, 0.4) is 0 Å². The summed E-state index contributed by atoms with van der Waals surface area (Å²) < 4.78 is 10.6. The first kappa shape index (κ1) is 14.7. The van der Waals surface area contributed by atoms with E-state index in [9.17, 15) is 4.79 Å². The molecule has 1 aromatic carbocycles. The largest absolute Gasteiger partial charge is 0.497 e. The van der Waals surface area contributed by atoms with Crippen LogP contribution in [0.25, 0.3) is 0 Å². The van der Waals surface area contributed by atoms with Crippen molar-refractivity contribution in [3.8, 4) is 11.5 Å². The van der Waals surface area contributed by atoms with Gasteiger partial charge in [-0.15, -0.1) is 0 Å². The van der Waals surface area contributed by atoms with Crippen LogP contribution in [0.15, 0.2) is 18.2 Å². The number of carbonyl (C=O) groups excluding carboxylic acids is 1. The van der Waals surface area contributed by atoms with E-state index in [1.165, 1.54) is 0 Å². The second-order valence-electron chi connectivity index (χ2n) is 5.07. The molecule has 0 bridgehead atoms. The van der Waals surface area contributed by atoms with Gasteiger partial charge in [-0.1, -0.05) is 0 Å². The third-order valence-electron chi connectivity index (χ3n) is 3.70. The molecule has 0 radical (unpaired) electrons. The van der Waals surface area contributed by atoms with E-state index in [2.05, 4.69) is 5.32 Å². The Labute approximate surface area is 119 Å². The molecular weight excluding hydrogens is 256 g/mol. The highest BCUT2D eigenvalue weighted by atomic mass is 16.5. The van der Waals surface area contributed by atoms with Gasteiger partial charge in [-0.2, -0.15) is 0 Å². The fraction of sp³-hybridized carbons (Fsp3) is 0.533. The smallest absolute Gasteiger partial charge is 0.222 e. The number of likely N-dealkylation sites (tertiary alicyclic amines) is 1. The first-order chi connectivity index (χ1) is 9.63. The first-order valence-electron chi connectivity index (χ1n) is 6.82. The Morgan fingerprint density at radius 1 is 1.35 bits per heavy atom. The van der Waals surface area contributed by atoms with E-state index in [-0.39, 0.29) is 5.91 Å². The molecule has 5 nitrogen and oxygen atoms in total. The minimum atomic E-state index is 0.224. The van der Waals surface area contributed by atoms with Crippen molar-refractivity contribution in [2.24, 2.45) is 0 Å². The van der Waals surface area contributed by atoms with Crippen molar-refractivity contribution >= 4 is 5.91 Å². The highest BCUT2D eigenvalue weighted by molar-refractivity contribution is 5.76. The molecule has 1 heterocycles. The number of hydrogen-bond acceptors (Lipinski definition) is 4. The molecule has 110 valence electrons. The Morgan fingerprint density at radius 3 is 2.80 bits per heavy atom. The van der Waals surface area contributed by atoms with Gasteiger partial charge in [0.25, 0.3) is 0 Å². The van der Waals surface area contributed by atoms with Gasteiger partial charge >= 0.3 is 0 Å². The van der Waals surface area contributed by atoms with Crippen LogP contribution in [0, 0.1) is 0 Å². The van der Waals surface area contributed by atoms with Crippen LogP contribution in [0.2, 0.25) is 0 Å². The molecule has 0 saturated carbocycles. The molecule has 1 amide bonds. The van der Waals surface area contributed by atoms with Crippen LogP contribution >= 0.6 is 0 Å². The zero-order chi connectivity index (χ0) is 14.5. The molecule has 5 heteroatoms. The lowest BCUT2D eigenvalue weighted by Crippen LogP contribution is -2.46. The predicted molar refractivity (Wildman–Crippen MR) is 77.0 cm³/mol. The summed E-state index contributed by atoms with van der Waals surface area (Å²) in [6.07, 6.45) is 1.50. The second kappa shape index (κ2) is 6.61. The lowest BCUT2D eigenvalue weighted by Gasteiger charge is -2.30. The van der Waals surface area contributed by atoms with Crippen LogP contribution in [0.1, 0.15) is 18.4 Å². The molecule has 2 rings (SSSR count). The Kier molecular flexibility index (Phi) is 4.84. The number of ether oxygens (including phenoxy) is 2. The standard InChI is InChI=1S/C15H22N2O3/c1-17-10-12(4-7-15(17)18)16-9-11-8-13(19-2)5-6-14(11)20-3/h5-6,8,12,16H,4,7,9-10H2,1-3H3. The van der Waals surface area contributed by atoms with Crippen molar-refractivity contribution in [1.29, 1.82) is 0 Å². The van der Waals surface area contributed by atoms with Crippen LogP contribution in [0.4, 0.5) is 0 Å². The Hall–Kier alpha value is -1.75. The topological polar surface area (TPSA) is 50.8 Å². The molecule has 1 atom stereocenters. The van der Waals surface area contributed by atoms with E-state index in [4.69, 9.17) is 9.47 Å². The molecule has 1 aliphatic heterocycles. The van der Waals surface area contributed by atoms with Crippen LogP contribution in [-0.4, -0.2) is 44.7 Å². The zero-order valence-corrected chi connectivity index (χ0v) is 12.3. The number of hydrogen-bond donors (Lipinski definition) is 1. The number of amides is 1. The first-order valence-corrected chi connectivity index (χ1v) is 6.82. The van der Waals surface area contributed by atoms with E-state index < -0.39 is 0 Å². The van der Waals surface area contributed by atoms with Crippen molar-refractivity contribution in [3.63, 3.8) is 0 Å². The average Bonchev–Trinajstić information content (AvgIpc) is 2.48. The van der Waals surface area contributed by atoms with Gasteiger partial charge in [0, 0.05) is 38.2 Å². The number of likely N-dealkylation sites (N-methyl/N-ethyl adjacent to an activating group) is 1. The molecule has 0 aromatic heterocycles. The molecule has 1 fully saturated rings. The minimum absolute atomic E-state index is 0.224. The third kappa shape index (κ3) is 3.42. The Bertz CT molecular complexity index is 476. The summed E-state index contributed by atoms with van der Waals surface area (Å²) in [5.74, 6) is 1.89. The normalized spacial score (nSPS) is 19.1. The van der Waals surface area contributed by atoms with Crippen LogP contribution in [-0.2, 0) is 11.3 Å². The Balaban J connectivity index is 1.98. The van der Waals surface area contributed by atoms with E-state index in [0.717, 1.165) is 30.0 Å². The molecular formula is C15H22N2O3. The number of methoxy groups -OCH3 is 2. The van der Waals surface area contributed by atoms with Gasteiger partial charge in [-0.05, 0) is 24.6 Å². The molecule has 0 aliphatic carbocycles. The van der Waals surface area contributed by atoms with Gasteiger partial charge in [0.2, 0.25) is 5.91 Å². The Morgan fingerprint density at radius 2 is 2.15 bits per heavy atom. The van der Waals surface area contributed by atoms with Crippen molar-refractivity contribution in [1.82, 2.24) is 10.2 Å². The maximum atomic E-state index is 11.5.